The van der Waals surface area contributed by atoms with Crippen LogP contribution in [-0.2, 0) is 0 Å². The second-order valence-corrected chi connectivity index (χ2v) is 10.1. The fourth-order valence-electron chi connectivity index (χ4n) is 1.76. The molecule has 0 saturated heterocycles. The van der Waals surface area contributed by atoms with E-state index >= 15 is 0 Å². The van der Waals surface area contributed by atoms with Crippen LogP contribution in [0.4, 0.5) is 0 Å². The molecule has 0 atom stereocenters. The van der Waals surface area contributed by atoms with E-state index in [-0.39, 0.29) is 21.9 Å². The molecule has 0 aromatic carbocycles. The normalized spacial score (nSPS) is 16.2. The first-order chi connectivity index (χ1) is 8.92. The van der Waals surface area contributed by atoms with Crippen LogP contribution in [0.2, 0.25) is 0 Å². The molecular formula is C19H38N2. The van der Waals surface area contributed by atoms with Crippen molar-refractivity contribution < 1.29 is 0 Å². The summed E-state index contributed by atoms with van der Waals surface area (Å²) in [7, 11) is 0. The van der Waals surface area contributed by atoms with Crippen LogP contribution < -0.4 is 5.32 Å². The van der Waals surface area contributed by atoms with Crippen molar-refractivity contribution in [1.29, 1.82) is 0 Å². The van der Waals surface area contributed by atoms with Gasteiger partial charge in [0.25, 0.3) is 0 Å². The third kappa shape index (κ3) is 8.95. The number of hydrogen-bond donors (Lipinski definition) is 1. The van der Waals surface area contributed by atoms with Crippen LogP contribution in [0.5, 0.6) is 0 Å². The van der Waals surface area contributed by atoms with Crippen LogP contribution in [0.1, 0.15) is 83.1 Å². The highest BCUT2D eigenvalue weighted by Crippen LogP contribution is 2.28. The van der Waals surface area contributed by atoms with Gasteiger partial charge in [0.2, 0.25) is 0 Å². The molecule has 21 heavy (non-hydrogen) atoms. The Morgan fingerprint density at radius 3 is 1.38 bits per heavy atom. The second kappa shape index (κ2) is 6.14. The quantitative estimate of drug-likeness (QED) is 0.660. The van der Waals surface area contributed by atoms with E-state index in [4.69, 9.17) is 4.99 Å². The zero-order valence-electron chi connectivity index (χ0n) is 16.5. The van der Waals surface area contributed by atoms with Gasteiger partial charge in [0.1, 0.15) is 0 Å². The van der Waals surface area contributed by atoms with Crippen LogP contribution in [0.15, 0.2) is 16.8 Å². The molecule has 0 amide bonds. The molecule has 0 rings (SSSR count). The van der Waals surface area contributed by atoms with E-state index in [0.717, 1.165) is 5.71 Å². The molecular weight excluding hydrogens is 256 g/mol. The van der Waals surface area contributed by atoms with E-state index in [9.17, 15) is 0 Å². The summed E-state index contributed by atoms with van der Waals surface area (Å²) in [6, 6.07) is 0. The van der Waals surface area contributed by atoms with Crippen LogP contribution in [0.25, 0.3) is 0 Å². The third-order valence-electron chi connectivity index (χ3n) is 2.82. The van der Waals surface area contributed by atoms with Gasteiger partial charge in [-0.1, -0.05) is 41.5 Å². The van der Waals surface area contributed by atoms with Crippen molar-refractivity contribution in [1.82, 2.24) is 5.32 Å². The van der Waals surface area contributed by atoms with Crippen molar-refractivity contribution in [3.8, 4) is 0 Å². The standard InChI is InChI=1S/C19H38N2/c1-16(2,3)14(20-18(7,8)9)13-15(17(4,5)6)21-19(10,11)12/h13,20H,1-12H3/b14-13-,21-15+. The van der Waals surface area contributed by atoms with Crippen molar-refractivity contribution >= 4 is 5.71 Å². The first-order valence-electron chi connectivity index (χ1n) is 8.02. The van der Waals surface area contributed by atoms with Crippen molar-refractivity contribution in [2.24, 2.45) is 15.8 Å². The zero-order chi connectivity index (χ0) is 17.3. The maximum absolute atomic E-state index is 4.96. The van der Waals surface area contributed by atoms with Gasteiger partial charge in [-0.2, -0.15) is 0 Å². The Kier molecular flexibility index (Phi) is 5.91. The molecule has 0 saturated carbocycles. The summed E-state index contributed by atoms with van der Waals surface area (Å²) < 4.78 is 0. The molecule has 0 fully saturated rings. The molecule has 1 N–H and O–H groups in total. The van der Waals surface area contributed by atoms with Gasteiger partial charge in [-0.3, -0.25) is 4.99 Å². The topological polar surface area (TPSA) is 24.4 Å². The summed E-state index contributed by atoms with van der Waals surface area (Å²) in [5.41, 5.74) is 2.47. The lowest BCUT2D eigenvalue weighted by Crippen LogP contribution is -2.40. The molecule has 0 bridgehead atoms. The summed E-state index contributed by atoms with van der Waals surface area (Å²) in [4.78, 5) is 4.96. The fraction of sp³-hybridized carbons (Fsp3) is 0.842. The Morgan fingerprint density at radius 2 is 1.14 bits per heavy atom. The highest BCUT2D eigenvalue weighted by molar-refractivity contribution is 5.99. The molecule has 0 aliphatic rings. The average Bonchev–Trinajstić information content (AvgIpc) is 2.07. The third-order valence-corrected chi connectivity index (χ3v) is 2.82. The maximum Gasteiger partial charge on any atom is 0.0527 e. The predicted octanol–water partition coefficient (Wildman–Crippen LogP) is 5.59. The molecule has 2 nitrogen and oxygen atoms in total. The summed E-state index contributed by atoms with van der Waals surface area (Å²) in [5.74, 6) is 0. The van der Waals surface area contributed by atoms with Gasteiger partial charge in [0, 0.05) is 27.8 Å². The summed E-state index contributed by atoms with van der Waals surface area (Å²) in [6.07, 6.45) is 2.26. The molecule has 0 aliphatic carbocycles. The van der Waals surface area contributed by atoms with Crippen molar-refractivity contribution in [2.75, 3.05) is 0 Å². The molecule has 0 heterocycles. The molecule has 0 unspecified atom stereocenters. The number of nitrogens with zero attached hydrogens (tertiary/aromatic N) is 1. The van der Waals surface area contributed by atoms with Crippen LogP contribution in [0.3, 0.4) is 0 Å². The number of nitrogens with one attached hydrogen (secondary N) is 1. The van der Waals surface area contributed by atoms with E-state index in [2.05, 4.69) is 94.5 Å². The summed E-state index contributed by atoms with van der Waals surface area (Å²) in [5, 5.41) is 3.66. The second-order valence-electron chi connectivity index (χ2n) is 10.1. The minimum atomic E-state index is -0.0656. The van der Waals surface area contributed by atoms with Gasteiger partial charge < -0.3 is 5.32 Å². The Morgan fingerprint density at radius 1 is 0.714 bits per heavy atom. The monoisotopic (exact) mass is 294 g/mol. The molecule has 124 valence electrons. The molecule has 0 radical (unpaired) electrons. The first kappa shape index (κ1) is 20.2. The smallest absolute Gasteiger partial charge is 0.0527 e. The number of aliphatic imine (C=N–C) groups is 1. The minimum Gasteiger partial charge on any atom is -0.383 e. The van der Waals surface area contributed by atoms with Crippen molar-refractivity contribution in [3.05, 3.63) is 11.8 Å². The van der Waals surface area contributed by atoms with Gasteiger partial charge in [-0.05, 0) is 47.6 Å². The number of rotatable bonds is 2. The number of allylic oxidation sites excluding steroid dienone is 2. The molecule has 0 spiro atoms. The van der Waals surface area contributed by atoms with Gasteiger partial charge in [0.15, 0.2) is 0 Å². The highest BCUT2D eigenvalue weighted by atomic mass is 15.0. The molecule has 0 aliphatic heterocycles. The SMILES string of the molecule is CC(C)(C)/N=C(\C=C(/NC(C)(C)C)C(C)(C)C)C(C)(C)C. The van der Waals surface area contributed by atoms with E-state index in [1.807, 2.05) is 0 Å². The maximum atomic E-state index is 4.96. The molecule has 0 aromatic heterocycles. The average molecular weight is 295 g/mol. The van der Waals surface area contributed by atoms with Crippen LogP contribution in [-0.4, -0.2) is 16.8 Å². The lowest BCUT2D eigenvalue weighted by atomic mass is 9.84. The highest BCUT2D eigenvalue weighted by Gasteiger charge is 2.26. The van der Waals surface area contributed by atoms with Gasteiger partial charge in [-0.25, -0.2) is 0 Å². The largest absolute Gasteiger partial charge is 0.383 e. The van der Waals surface area contributed by atoms with E-state index < -0.39 is 0 Å². The molecule has 0 aromatic rings. The van der Waals surface area contributed by atoms with E-state index in [1.54, 1.807) is 0 Å². The van der Waals surface area contributed by atoms with Crippen LogP contribution in [0, 0.1) is 10.8 Å². The lowest BCUT2D eigenvalue weighted by Gasteiger charge is -2.34. The minimum absolute atomic E-state index is 0.0311. The Balaban J connectivity index is 5.93. The Hall–Kier alpha value is -0.790. The van der Waals surface area contributed by atoms with E-state index in [1.165, 1.54) is 5.70 Å². The van der Waals surface area contributed by atoms with E-state index in [0.29, 0.717) is 0 Å². The molecule has 2 heteroatoms. The number of hydrogen-bond acceptors (Lipinski definition) is 2. The Labute approximate surface area is 133 Å². The fourth-order valence-corrected chi connectivity index (χ4v) is 1.76. The van der Waals surface area contributed by atoms with Crippen molar-refractivity contribution in [2.45, 2.75) is 94.2 Å². The van der Waals surface area contributed by atoms with Gasteiger partial charge in [0.05, 0.1) is 5.54 Å². The first-order valence-corrected chi connectivity index (χ1v) is 8.02. The van der Waals surface area contributed by atoms with Crippen LogP contribution >= 0.6 is 0 Å². The zero-order valence-corrected chi connectivity index (χ0v) is 16.5. The predicted molar refractivity (Wildman–Crippen MR) is 97.1 cm³/mol. The summed E-state index contributed by atoms with van der Waals surface area (Å²) in [6.45, 7) is 26.5. The van der Waals surface area contributed by atoms with Crippen molar-refractivity contribution in [3.63, 3.8) is 0 Å². The summed E-state index contributed by atoms with van der Waals surface area (Å²) >= 11 is 0. The van der Waals surface area contributed by atoms with Gasteiger partial charge >= 0.3 is 0 Å². The lowest BCUT2D eigenvalue weighted by molar-refractivity contribution is 0.382. The Bertz CT molecular complexity index is 399. The van der Waals surface area contributed by atoms with Gasteiger partial charge in [-0.15, -0.1) is 0 Å².